The molecule has 0 unspecified atom stereocenters. The monoisotopic (exact) mass is 449 g/mol. The fraction of sp³-hybridized carbons (Fsp3) is 0.261. The van der Waals surface area contributed by atoms with Crippen molar-refractivity contribution in [2.24, 2.45) is 0 Å². The van der Waals surface area contributed by atoms with Crippen LogP contribution in [0.5, 0.6) is 0 Å². The van der Waals surface area contributed by atoms with E-state index in [4.69, 9.17) is 21.4 Å². The fourth-order valence-corrected chi connectivity index (χ4v) is 4.16. The molecule has 0 atom stereocenters. The van der Waals surface area contributed by atoms with Gasteiger partial charge in [-0.3, -0.25) is 4.40 Å². The second-order valence-corrected chi connectivity index (χ2v) is 14.7. The lowest BCUT2D eigenvalue weighted by atomic mass is 10.0. The Hall–Kier alpha value is -2.92. The van der Waals surface area contributed by atoms with E-state index in [1.807, 2.05) is 53.5 Å². The van der Waals surface area contributed by atoms with E-state index in [9.17, 15) is 5.26 Å². The third-order valence-corrected chi connectivity index (χ3v) is 6.99. The average Bonchev–Trinajstić information content (AvgIpc) is 3.34. The van der Waals surface area contributed by atoms with Crippen molar-refractivity contribution in [1.29, 1.82) is 5.26 Å². The van der Waals surface area contributed by atoms with Gasteiger partial charge >= 0.3 is 0 Å². The largest absolute Gasteiger partial charge is 0.360 e. The van der Waals surface area contributed by atoms with Crippen molar-refractivity contribution in [2.75, 3.05) is 6.61 Å². The quantitative estimate of drug-likeness (QED) is 0.268. The molecule has 3 aromatic heterocycles. The Labute approximate surface area is 187 Å². The van der Waals surface area contributed by atoms with Gasteiger partial charge in [0.2, 0.25) is 0 Å². The summed E-state index contributed by atoms with van der Waals surface area (Å²) < 4.78 is 9.53. The number of ether oxygens (including phenoxy) is 1. The van der Waals surface area contributed by atoms with Crippen molar-refractivity contribution < 1.29 is 4.74 Å². The molecule has 4 rings (SSSR count). The summed E-state index contributed by atoms with van der Waals surface area (Å²) in [5, 5.41) is 14.9. The molecule has 8 heteroatoms. The lowest BCUT2D eigenvalue weighted by Crippen LogP contribution is -2.22. The number of aromatic nitrogens is 4. The molecular weight excluding hydrogens is 426 g/mol. The minimum Gasteiger partial charge on any atom is -0.360 e. The zero-order valence-electron chi connectivity index (χ0n) is 17.8. The van der Waals surface area contributed by atoms with Gasteiger partial charge in [-0.1, -0.05) is 43.4 Å². The second-order valence-electron chi connectivity index (χ2n) is 8.69. The Balaban J connectivity index is 1.70. The molecule has 0 aliphatic carbocycles. The molecule has 1 aromatic carbocycles. The highest BCUT2D eigenvalue weighted by Crippen LogP contribution is 2.32. The molecule has 0 saturated heterocycles. The fourth-order valence-electron chi connectivity index (χ4n) is 3.28. The number of nitriles is 1. The normalized spacial score (nSPS) is 11.7. The van der Waals surface area contributed by atoms with Crippen LogP contribution in [0.25, 0.3) is 28.0 Å². The van der Waals surface area contributed by atoms with Gasteiger partial charge in [-0.2, -0.15) is 10.4 Å². The van der Waals surface area contributed by atoms with Gasteiger partial charge in [-0.05, 0) is 30.3 Å². The van der Waals surface area contributed by atoms with Crippen LogP contribution in [0.15, 0.2) is 55.0 Å². The van der Waals surface area contributed by atoms with Crippen molar-refractivity contribution in [2.45, 2.75) is 32.4 Å². The van der Waals surface area contributed by atoms with E-state index in [2.05, 4.69) is 30.7 Å². The van der Waals surface area contributed by atoms with Crippen molar-refractivity contribution in [3.63, 3.8) is 0 Å². The van der Waals surface area contributed by atoms with E-state index in [1.54, 1.807) is 10.6 Å². The average molecular weight is 450 g/mol. The second kappa shape index (κ2) is 8.67. The first kappa shape index (κ1) is 21.3. The summed E-state index contributed by atoms with van der Waals surface area (Å²) in [6.45, 7) is 8.13. The van der Waals surface area contributed by atoms with Crippen LogP contribution in [0.4, 0.5) is 0 Å². The molecule has 0 fully saturated rings. The molecule has 0 N–H and O–H groups in total. The van der Waals surface area contributed by atoms with Gasteiger partial charge in [0.05, 0.1) is 6.20 Å². The zero-order chi connectivity index (χ0) is 22.0. The van der Waals surface area contributed by atoms with Crippen LogP contribution in [0.3, 0.4) is 0 Å². The van der Waals surface area contributed by atoms with Crippen LogP contribution in [0, 0.1) is 11.3 Å². The van der Waals surface area contributed by atoms with Crippen molar-refractivity contribution in [3.8, 4) is 28.5 Å². The summed E-state index contributed by atoms with van der Waals surface area (Å²) in [6, 6.07) is 14.8. The third-order valence-electron chi connectivity index (χ3n) is 5.03. The Kier molecular flexibility index (Phi) is 5.96. The Morgan fingerprint density at radius 1 is 1.06 bits per heavy atom. The van der Waals surface area contributed by atoms with Gasteiger partial charge in [0.15, 0.2) is 0 Å². The highest BCUT2D eigenvalue weighted by Gasteiger charge is 2.16. The van der Waals surface area contributed by atoms with E-state index < -0.39 is 8.07 Å². The highest BCUT2D eigenvalue weighted by molar-refractivity contribution is 6.76. The van der Waals surface area contributed by atoms with E-state index >= 15 is 0 Å². The maximum atomic E-state index is 9.37. The van der Waals surface area contributed by atoms with E-state index in [0.717, 1.165) is 40.7 Å². The SMILES string of the molecule is C[Si](C)(C)CCOCn1cc(-c2ccc3ncc(C#N)n3c2)c(-c2ccc(Cl)cc2)n1. The van der Waals surface area contributed by atoms with Crippen molar-refractivity contribution >= 4 is 25.3 Å². The summed E-state index contributed by atoms with van der Waals surface area (Å²) in [7, 11) is -1.14. The number of nitrogens with zero attached hydrogens (tertiary/aromatic N) is 5. The topological polar surface area (TPSA) is 68.1 Å². The van der Waals surface area contributed by atoms with Crippen LogP contribution in [-0.2, 0) is 11.5 Å². The molecule has 0 aliphatic rings. The van der Waals surface area contributed by atoms with Crippen LogP contribution in [0.2, 0.25) is 30.7 Å². The molecule has 0 spiro atoms. The molecule has 0 radical (unpaired) electrons. The molecule has 31 heavy (non-hydrogen) atoms. The summed E-state index contributed by atoms with van der Waals surface area (Å²) in [4.78, 5) is 4.28. The molecule has 0 amide bonds. The summed E-state index contributed by atoms with van der Waals surface area (Å²) in [6.07, 6.45) is 5.49. The van der Waals surface area contributed by atoms with Gasteiger partial charge in [-0.25, -0.2) is 9.67 Å². The summed E-state index contributed by atoms with van der Waals surface area (Å²) >= 11 is 6.09. The molecule has 6 nitrogen and oxygen atoms in total. The number of fused-ring (bicyclic) bond motifs is 1. The van der Waals surface area contributed by atoms with E-state index in [-0.39, 0.29) is 0 Å². The smallest absolute Gasteiger partial charge is 0.144 e. The number of halogens is 1. The van der Waals surface area contributed by atoms with Crippen molar-refractivity contribution in [3.05, 3.63) is 65.7 Å². The minimum atomic E-state index is -1.14. The molecule has 4 aromatic rings. The maximum absolute atomic E-state index is 9.37. The van der Waals surface area contributed by atoms with Crippen molar-refractivity contribution in [1.82, 2.24) is 19.2 Å². The van der Waals surface area contributed by atoms with Gasteiger partial charge in [-0.15, -0.1) is 0 Å². The number of benzene rings is 1. The predicted molar refractivity (Wildman–Crippen MR) is 126 cm³/mol. The Morgan fingerprint density at radius 2 is 1.81 bits per heavy atom. The van der Waals surface area contributed by atoms with Gasteiger partial charge in [0.1, 0.15) is 29.8 Å². The molecule has 0 aliphatic heterocycles. The van der Waals surface area contributed by atoms with E-state index in [0.29, 0.717) is 17.4 Å². The molecule has 3 heterocycles. The first-order chi connectivity index (χ1) is 14.8. The lowest BCUT2D eigenvalue weighted by Gasteiger charge is -2.15. The first-order valence-electron chi connectivity index (χ1n) is 10.1. The number of pyridine rings is 1. The maximum Gasteiger partial charge on any atom is 0.144 e. The van der Waals surface area contributed by atoms with E-state index in [1.165, 1.54) is 0 Å². The molecular formula is C23H24ClN5OSi. The molecule has 158 valence electrons. The van der Waals surface area contributed by atoms with Crippen LogP contribution < -0.4 is 0 Å². The summed E-state index contributed by atoms with van der Waals surface area (Å²) in [5.74, 6) is 0. The number of rotatable bonds is 7. The minimum absolute atomic E-state index is 0.391. The van der Waals surface area contributed by atoms with Gasteiger partial charge in [0, 0.05) is 48.8 Å². The predicted octanol–water partition coefficient (Wildman–Crippen LogP) is 5.70. The number of hydrogen-bond donors (Lipinski definition) is 0. The van der Waals surface area contributed by atoms with Gasteiger partial charge in [0.25, 0.3) is 0 Å². The summed E-state index contributed by atoms with van der Waals surface area (Å²) in [5.41, 5.74) is 4.92. The van der Waals surface area contributed by atoms with Crippen LogP contribution in [0.1, 0.15) is 5.69 Å². The van der Waals surface area contributed by atoms with Gasteiger partial charge < -0.3 is 4.74 Å². The Bertz CT molecular complexity index is 1250. The van der Waals surface area contributed by atoms with Crippen LogP contribution in [-0.4, -0.2) is 33.8 Å². The number of hydrogen-bond acceptors (Lipinski definition) is 4. The molecule has 0 bridgehead atoms. The lowest BCUT2D eigenvalue weighted by molar-refractivity contribution is 0.0788. The number of imidazole rings is 1. The molecule has 0 saturated carbocycles. The zero-order valence-corrected chi connectivity index (χ0v) is 19.6. The highest BCUT2D eigenvalue weighted by atomic mass is 35.5. The first-order valence-corrected chi connectivity index (χ1v) is 14.2. The Morgan fingerprint density at radius 3 is 2.52 bits per heavy atom. The third kappa shape index (κ3) is 4.88. The standard InChI is InChI=1S/C23H24ClN5OSi/c1-31(2,3)11-10-30-16-28-15-21(23(27-28)17-4-7-19(24)8-5-17)18-6-9-22-26-13-20(12-25)29(22)14-18/h4-9,13-15H,10-11,16H2,1-3H3. The van der Waals surface area contributed by atoms with Crippen LogP contribution >= 0.6 is 11.6 Å².